The van der Waals surface area contributed by atoms with Gasteiger partial charge in [0, 0.05) is 19.7 Å². The maximum absolute atomic E-state index is 13.9. The fraction of sp³-hybridized carbons (Fsp3) is 0.567. The van der Waals surface area contributed by atoms with E-state index in [0.29, 0.717) is 55.9 Å². The summed E-state index contributed by atoms with van der Waals surface area (Å²) < 4.78 is 110. The zero-order chi connectivity index (χ0) is 31.2. The Labute approximate surface area is 245 Å². The van der Waals surface area contributed by atoms with Crippen LogP contribution in [0.3, 0.4) is 0 Å². The number of hydrogen-bond acceptors (Lipinski definition) is 4. The third kappa shape index (κ3) is 9.29. The molecule has 2 aliphatic rings. The number of alkyl halides is 6. The summed E-state index contributed by atoms with van der Waals surface area (Å²) in [4.78, 5) is 14.8. The van der Waals surface area contributed by atoms with Crippen LogP contribution < -0.4 is 5.32 Å². The first-order valence-corrected chi connectivity index (χ1v) is 14.2. The van der Waals surface area contributed by atoms with E-state index in [0.717, 1.165) is 19.3 Å². The number of nitrogens with one attached hydrogen (secondary N) is 1. The number of hydrogen-bond donors (Lipinski definition) is 1. The Balaban J connectivity index is 1.39. The maximum Gasteiger partial charge on any atom is 0.416 e. The number of nitrogens with zero attached hydrogens (tertiary/aromatic N) is 1. The van der Waals surface area contributed by atoms with Crippen LogP contribution in [0.2, 0.25) is 0 Å². The quantitative estimate of drug-likeness (QED) is 0.238. The molecule has 2 aliphatic heterocycles. The number of carbonyl (C=O) groups excluding carboxylic acids is 1. The molecular weight excluding hydrogens is 585 g/mol. The molecular formula is C30H35F7N2O4. The second-order valence-corrected chi connectivity index (χ2v) is 10.8. The summed E-state index contributed by atoms with van der Waals surface area (Å²) >= 11 is 0. The van der Waals surface area contributed by atoms with Crippen LogP contribution in [0.1, 0.15) is 66.0 Å². The second-order valence-electron chi connectivity index (χ2n) is 10.8. The number of likely N-dealkylation sites (tertiary alicyclic amines) is 1. The van der Waals surface area contributed by atoms with Gasteiger partial charge in [0.1, 0.15) is 5.82 Å². The highest BCUT2D eigenvalue weighted by molar-refractivity contribution is 5.75. The Morgan fingerprint density at radius 3 is 2.30 bits per heavy atom. The lowest BCUT2D eigenvalue weighted by Gasteiger charge is -2.40. The van der Waals surface area contributed by atoms with Gasteiger partial charge in [0.2, 0.25) is 0 Å². The molecule has 2 saturated heterocycles. The van der Waals surface area contributed by atoms with Crippen LogP contribution in [-0.2, 0) is 33.0 Å². The molecule has 1 unspecified atom stereocenters. The average Bonchev–Trinajstić information content (AvgIpc) is 2.95. The molecule has 0 saturated carbocycles. The zero-order valence-electron chi connectivity index (χ0n) is 23.7. The minimum atomic E-state index is -4.96. The molecule has 1 N–H and O–H groups in total. The first kappa shape index (κ1) is 33.0. The van der Waals surface area contributed by atoms with Gasteiger partial charge in [0.15, 0.2) is 6.29 Å². The van der Waals surface area contributed by atoms with E-state index >= 15 is 0 Å². The van der Waals surface area contributed by atoms with Crippen LogP contribution in [0, 0.1) is 12.7 Å². The highest BCUT2D eigenvalue weighted by atomic mass is 19.4. The van der Waals surface area contributed by atoms with Crippen molar-refractivity contribution in [3.8, 4) is 0 Å². The number of carbonyl (C=O) groups is 1. The van der Waals surface area contributed by atoms with Gasteiger partial charge < -0.3 is 24.4 Å². The molecule has 0 spiro atoms. The molecule has 4 rings (SSSR count). The van der Waals surface area contributed by atoms with Crippen LogP contribution >= 0.6 is 0 Å². The van der Waals surface area contributed by atoms with Gasteiger partial charge in [-0.3, -0.25) is 0 Å². The monoisotopic (exact) mass is 620 g/mol. The number of amides is 2. The molecule has 0 aromatic heterocycles. The molecule has 2 aromatic rings. The summed E-state index contributed by atoms with van der Waals surface area (Å²) in [5.74, 6) is -0.428. The van der Waals surface area contributed by atoms with Gasteiger partial charge in [-0.05, 0) is 92.5 Å². The Hall–Kier alpha value is -2.90. The van der Waals surface area contributed by atoms with Crippen molar-refractivity contribution >= 4 is 6.03 Å². The molecule has 3 atom stereocenters. The lowest BCUT2D eigenvalue weighted by Crippen LogP contribution is -2.48. The standard InChI is InChI=1S/C30H35F7N2O4/c1-19-14-23(31)5-6-25(19)26-18-24(41-12-13-43-27-4-2-3-11-42-27)8-10-39(26)28(40)38-9-7-20-15-21(29(32,33)34)17-22(16-20)30(35,36)37/h5-6,14-17,24,26-27H,2-4,7-13,18H2,1H3,(H,38,40)/t24-,26+,27?/m0/s1. The minimum absolute atomic E-state index is 0.0693. The number of piperidine rings is 1. The maximum atomic E-state index is 13.9. The van der Waals surface area contributed by atoms with E-state index < -0.39 is 41.4 Å². The zero-order valence-corrected chi connectivity index (χ0v) is 23.7. The van der Waals surface area contributed by atoms with Crippen molar-refractivity contribution in [3.63, 3.8) is 0 Å². The van der Waals surface area contributed by atoms with E-state index in [9.17, 15) is 35.5 Å². The number of ether oxygens (including phenoxy) is 3. The van der Waals surface area contributed by atoms with Crippen LogP contribution in [0.4, 0.5) is 35.5 Å². The molecule has 2 aromatic carbocycles. The largest absolute Gasteiger partial charge is 0.416 e. The summed E-state index contributed by atoms with van der Waals surface area (Å²) in [7, 11) is 0. The minimum Gasteiger partial charge on any atom is -0.376 e. The van der Waals surface area contributed by atoms with E-state index in [2.05, 4.69) is 5.32 Å². The summed E-state index contributed by atoms with van der Waals surface area (Å²) in [5.41, 5.74) is -1.68. The van der Waals surface area contributed by atoms with E-state index in [1.807, 2.05) is 0 Å². The number of rotatable bonds is 9. The van der Waals surface area contributed by atoms with Gasteiger partial charge in [-0.2, -0.15) is 26.3 Å². The summed E-state index contributed by atoms with van der Waals surface area (Å²) in [6.07, 6.45) is -6.84. The van der Waals surface area contributed by atoms with Crippen LogP contribution in [0.25, 0.3) is 0 Å². The van der Waals surface area contributed by atoms with Crippen LogP contribution in [0.15, 0.2) is 36.4 Å². The molecule has 0 radical (unpaired) electrons. The number of benzene rings is 2. The normalized spacial score (nSPS) is 21.6. The lowest BCUT2D eigenvalue weighted by molar-refractivity contribution is -0.172. The molecule has 13 heteroatoms. The van der Waals surface area contributed by atoms with Gasteiger partial charge >= 0.3 is 18.4 Å². The molecule has 0 bridgehead atoms. The van der Waals surface area contributed by atoms with E-state index in [-0.39, 0.29) is 43.5 Å². The average molecular weight is 621 g/mol. The van der Waals surface area contributed by atoms with Crippen molar-refractivity contribution in [1.29, 1.82) is 0 Å². The molecule has 2 amide bonds. The molecule has 238 valence electrons. The molecule has 2 heterocycles. The van der Waals surface area contributed by atoms with Gasteiger partial charge in [-0.25, -0.2) is 9.18 Å². The Morgan fingerprint density at radius 2 is 1.67 bits per heavy atom. The van der Waals surface area contributed by atoms with Gasteiger partial charge in [0.25, 0.3) is 0 Å². The van der Waals surface area contributed by atoms with Crippen molar-refractivity contribution in [3.05, 3.63) is 70.0 Å². The Morgan fingerprint density at radius 1 is 0.977 bits per heavy atom. The highest BCUT2D eigenvalue weighted by Crippen LogP contribution is 2.37. The van der Waals surface area contributed by atoms with Crippen molar-refractivity contribution < 1.29 is 49.7 Å². The molecule has 0 aliphatic carbocycles. The van der Waals surface area contributed by atoms with Gasteiger partial charge in [-0.1, -0.05) is 6.07 Å². The number of aryl methyl sites for hydroxylation is 1. The number of urea groups is 1. The summed E-state index contributed by atoms with van der Waals surface area (Å²) in [6.45, 7) is 3.14. The SMILES string of the molecule is Cc1cc(F)ccc1[C@H]1C[C@@H](OCCOC2CCCCO2)CCN1C(=O)NCCc1cc(C(F)(F)F)cc(C(F)(F)F)c1. The van der Waals surface area contributed by atoms with Crippen molar-refractivity contribution in [2.45, 2.75) is 76.2 Å². The predicted octanol–water partition coefficient (Wildman–Crippen LogP) is 7.19. The summed E-state index contributed by atoms with van der Waals surface area (Å²) in [6, 6.07) is 4.60. The molecule has 43 heavy (non-hydrogen) atoms. The predicted molar refractivity (Wildman–Crippen MR) is 143 cm³/mol. The fourth-order valence-electron chi connectivity index (χ4n) is 5.45. The van der Waals surface area contributed by atoms with Crippen molar-refractivity contribution in [2.75, 3.05) is 32.9 Å². The lowest BCUT2D eigenvalue weighted by atomic mass is 9.90. The third-order valence-corrected chi connectivity index (χ3v) is 7.62. The van der Waals surface area contributed by atoms with Crippen LogP contribution in [-0.4, -0.2) is 56.2 Å². The topological polar surface area (TPSA) is 60.0 Å². The molecule has 2 fully saturated rings. The van der Waals surface area contributed by atoms with E-state index in [1.54, 1.807) is 17.9 Å². The highest BCUT2D eigenvalue weighted by Gasteiger charge is 2.37. The third-order valence-electron chi connectivity index (χ3n) is 7.62. The molecule has 6 nitrogen and oxygen atoms in total. The van der Waals surface area contributed by atoms with Gasteiger partial charge in [-0.15, -0.1) is 0 Å². The van der Waals surface area contributed by atoms with Crippen molar-refractivity contribution in [2.24, 2.45) is 0 Å². The smallest absolute Gasteiger partial charge is 0.376 e. The van der Waals surface area contributed by atoms with E-state index in [1.165, 1.54) is 12.1 Å². The summed E-state index contributed by atoms with van der Waals surface area (Å²) in [5, 5.41) is 2.63. The Bertz CT molecular complexity index is 1200. The van der Waals surface area contributed by atoms with Crippen LogP contribution in [0.5, 0.6) is 0 Å². The van der Waals surface area contributed by atoms with Crippen molar-refractivity contribution in [1.82, 2.24) is 10.2 Å². The first-order valence-electron chi connectivity index (χ1n) is 14.2. The second kappa shape index (κ2) is 14.3. The number of halogens is 7. The first-order chi connectivity index (χ1) is 20.3. The fourth-order valence-corrected chi connectivity index (χ4v) is 5.45. The van der Waals surface area contributed by atoms with Gasteiger partial charge in [0.05, 0.1) is 36.5 Å². The Kier molecular flexibility index (Phi) is 10.9. The van der Waals surface area contributed by atoms with E-state index in [4.69, 9.17) is 14.2 Å².